The fourth-order valence-corrected chi connectivity index (χ4v) is 2.40. The van der Waals surface area contributed by atoms with Crippen molar-refractivity contribution in [3.63, 3.8) is 0 Å². The number of nitrogens with zero attached hydrogens (tertiary/aromatic N) is 3. The van der Waals surface area contributed by atoms with Gasteiger partial charge < -0.3 is 5.32 Å². The second kappa shape index (κ2) is 6.01. The minimum Gasteiger partial charge on any atom is -0.315 e. The van der Waals surface area contributed by atoms with E-state index >= 15 is 0 Å². The minimum atomic E-state index is 0.732. The SMILES string of the molecule is CCNCC1CCCN1CCn1cccn1. The van der Waals surface area contributed by atoms with E-state index in [0.717, 1.165) is 32.2 Å². The summed E-state index contributed by atoms with van der Waals surface area (Å²) < 4.78 is 2.02. The van der Waals surface area contributed by atoms with E-state index in [9.17, 15) is 0 Å². The summed E-state index contributed by atoms with van der Waals surface area (Å²) in [5.41, 5.74) is 0. The lowest BCUT2D eigenvalue weighted by atomic mass is 10.2. The minimum absolute atomic E-state index is 0.732. The predicted molar refractivity (Wildman–Crippen MR) is 65.4 cm³/mol. The van der Waals surface area contributed by atoms with Crippen LogP contribution in [0.2, 0.25) is 0 Å². The molecule has 1 atom stereocenters. The van der Waals surface area contributed by atoms with Crippen molar-refractivity contribution in [2.24, 2.45) is 0 Å². The summed E-state index contributed by atoms with van der Waals surface area (Å²) in [4.78, 5) is 2.59. The molecule has 1 N–H and O–H groups in total. The lowest BCUT2D eigenvalue weighted by Crippen LogP contribution is -2.39. The molecule has 1 unspecified atom stereocenters. The van der Waals surface area contributed by atoms with Gasteiger partial charge in [0, 0.05) is 31.5 Å². The summed E-state index contributed by atoms with van der Waals surface area (Å²) in [5.74, 6) is 0. The average molecular weight is 222 g/mol. The third kappa shape index (κ3) is 3.06. The largest absolute Gasteiger partial charge is 0.315 e. The Kier molecular flexibility index (Phi) is 4.36. The Bertz CT molecular complexity index is 283. The van der Waals surface area contributed by atoms with E-state index in [0.29, 0.717) is 0 Å². The summed E-state index contributed by atoms with van der Waals surface area (Å²) in [6.45, 7) is 7.76. The Morgan fingerprint density at radius 1 is 1.44 bits per heavy atom. The molecule has 16 heavy (non-hydrogen) atoms. The molecule has 2 heterocycles. The summed E-state index contributed by atoms with van der Waals surface area (Å²) in [6, 6.07) is 2.72. The number of rotatable bonds is 6. The van der Waals surface area contributed by atoms with E-state index in [1.165, 1.54) is 19.4 Å². The van der Waals surface area contributed by atoms with Gasteiger partial charge in [0.25, 0.3) is 0 Å². The Morgan fingerprint density at radius 3 is 3.12 bits per heavy atom. The van der Waals surface area contributed by atoms with Gasteiger partial charge >= 0.3 is 0 Å². The van der Waals surface area contributed by atoms with Gasteiger partial charge in [-0.1, -0.05) is 6.92 Å². The molecule has 1 aliphatic heterocycles. The van der Waals surface area contributed by atoms with E-state index in [4.69, 9.17) is 0 Å². The van der Waals surface area contributed by atoms with Crippen LogP contribution in [-0.4, -0.2) is 46.9 Å². The zero-order valence-electron chi connectivity index (χ0n) is 10.1. The first kappa shape index (κ1) is 11.6. The molecule has 1 saturated heterocycles. The molecule has 90 valence electrons. The van der Waals surface area contributed by atoms with Crippen LogP contribution in [0.4, 0.5) is 0 Å². The molecule has 0 saturated carbocycles. The second-order valence-corrected chi connectivity index (χ2v) is 4.41. The zero-order valence-corrected chi connectivity index (χ0v) is 10.1. The first-order valence-corrected chi connectivity index (χ1v) is 6.32. The maximum absolute atomic E-state index is 4.24. The molecular formula is C12H22N4. The summed E-state index contributed by atoms with van der Waals surface area (Å²) in [7, 11) is 0. The first-order chi connectivity index (χ1) is 7.90. The molecule has 1 aliphatic rings. The van der Waals surface area contributed by atoms with Crippen LogP contribution in [-0.2, 0) is 6.54 Å². The Hall–Kier alpha value is -0.870. The van der Waals surface area contributed by atoms with Crippen LogP contribution < -0.4 is 5.32 Å². The summed E-state index contributed by atoms with van der Waals surface area (Å²) >= 11 is 0. The third-order valence-electron chi connectivity index (χ3n) is 3.30. The van der Waals surface area contributed by atoms with Gasteiger partial charge in [0.15, 0.2) is 0 Å². The molecule has 0 spiro atoms. The lowest BCUT2D eigenvalue weighted by molar-refractivity contribution is 0.235. The van der Waals surface area contributed by atoms with Crippen LogP contribution in [0.3, 0.4) is 0 Å². The monoisotopic (exact) mass is 222 g/mol. The van der Waals surface area contributed by atoms with Gasteiger partial charge in [-0.15, -0.1) is 0 Å². The van der Waals surface area contributed by atoms with Gasteiger partial charge in [-0.05, 0) is 32.0 Å². The highest BCUT2D eigenvalue weighted by atomic mass is 15.3. The highest BCUT2D eigenvalue weighted by Crippen LogP contribution is 2.16. The lowest BCUT2D eigenvalue weighted by Gasteiger charge is -2.24. The molecule has 0 radical (unpaired) electrons. The van der Waals surface area contributed by atoms with Crippen molar-refractivity contribution in [1.29, 1.82) is 0 Å². The highest BCUT2D eigenvalue weighted by Gasteiger charge is 2.23. The van der Waals surface area contributed by atoms with Crippen LogP contribution in [0.1, 0.15) is 19.8 Å². The first-order valence-electron chi connectivity index (χ1n) is 6.32. The molecule has 4 heteroatoms. The molecule has 4 nitrogen and oxygen atoms in total. The molecule has 0 amide bonds. The molecule has 1 aromatic rings. The molecule has 2 rings (SSSR count). The Morgan fingerprint density at radius 2 is 2.38 bits per heavy atom. The smallest absolute Gasteiger partial charge is 0.0536 e. The van der Waals surface area contributed by atoms with Gasteiger partial charge in [0.1, 0.15) is 0 Å². The predicted octanol–water partition coefficient (Wildman–Crippen LogP) is 0.957. The van der Waals surface area contributed by atoms with Crippen LogP contribution >= 0.6 is 0 Å². The van der Waals surface area contributed by atoms with Crippen molar-refractivity contribution in [1.82, 2.24) is 20.0 Å². The number of likely N-dealkylation sites (N-methyl/N-ethyl adjacent to an activating group) is 1. The average Bonchev–Trinajstić information content (AvgIpc) is 2.94. The van der Waals surface area contributed by atoms with Crippen molar-refractivity contribution in [2.75, 3.05) is 26.2 Å². The van der Waals surface area contributed by atoms with Gasteiger partial charge in [-0.25, -0.2) is 0 Å². The van der Waals surface area contributed by atoms with E-state index < -0.39 is 0 Å². The maximum Gasteiger partial charge on any atom is 0.0536 e. The number of hydrogen-bond donors (Lipinski definition) is 1. The van der Waals surface area contributed by atoms with Crippen molar-refractivity contribution in [3.05, 3.63) is 18.5 Å². The fourth-order valence-electron chi connectivity index (χ4n) is 2.40. The molecular weight excluding hydrogens is 200 g/mol. The van der Waals surface area contributed by atoms with Crippen LogP contribution in [0.25, 0.3) is 0 Å². The number of hydrogen-bond acceptors (Lipinski definition) is 3. The second-order valence-electron chi connectivity index (χ2n) is 4.41. The highest BCUT2D eigenvalue weighted by molar-refractivity contribution is 4.82. The number of nitrogens with one attached hydrogen (secondary N) is 1. The molecule has 0 aromatic carbocycles. The topological polar surface area (TPSA) is 33.1 Å². The molecule has 1 aromatic heterocycles. The van der Waals surface area contributed by atoms with Gasteiger partial charge in [-0.2, -0.15) is 5.10 Å². The van der Waals surface area contributed by atoms with Gasteiger partial charge in [-0.3, -0.25) is 9.58 Å². The molecule has 1 fully saturated rings. The summed E-state index contributed by atoms with van der Waals surface area (Å²) in [5, 5.41) is 7.69. The van der Waals surface area contributed by atoms with Crippen LogP contribution in [0.5, 0.6) is 0 Å². The van der Waals surface area contributed by atoms with E-state index in [2.05, 4.69) is 22.2 Å². The van der Waals surface area contributed by atoms with E-state index in [-0.39, 0.29) is 0 Å². The molecule has 0 aliphatic carbocycles. The van der Waals surface area contributed by atoms with Gasteiger partial charge in [0.2, 0.25) is 0 Å². The standard InChI is InChI=1S/C12H22N4/c1-2-13-11-12-5-3-7-15(12)9-10-16-8-4-6-14-16/h4,6,8,12-13H,2-3,5,7,9-11H2,1H3. The Balaban J connectivity index is 1.75. The van der Waals surface area contributed by atoms with Crippen molar-refractivity contribution < 1.29 is 0 Å². The normalized spacial score (nSPS) is 21.7. The number of aromatic nitrogens is 2. The summed E-state index contributed by atoms with van der Waals surface area (Å²) in [6.07, 6.45) is 6.57. The maximum atomic E-state index is 4.24. The van der Waals surface area contributed by atoms with E-state index in [1.54, 1.807) is 0 Å². The van der Waals surface area contributed by atoms with Crippen LogP contribution in [0.15, 0.2) is 18.5 Å². The van der Waals surface area contributed by atoms with Crippen LogP contribution in [0, 0.1) is 0 Å². The molecule has 0 bridgehead atoms. The quantitative estimate of drug-likeness (QED) is 0.778. The van der Waals surface area contributed by atoms with E-state index in [1.807, 2.05) is 23.1 Å². The van der Waals surface area contributed by atoms with Crippen molar-refractivity contribution in [2.45, 2.75) is 32.4 Å². The number of likely N-dealkylation sites (tertiary alicyclic amines) is 1. The Labute approximate surface area is 97.6 Å². The third-order valence-corrected chi connectivity index (χ3v) is 3.30. The zero-order chi connectivity index (χ0) is 11.2. The van der Waals surface area contributed by atoms with Crippen molar-refractivity contribution in [3.8, 4) is 0 Å². The fraction of sp³-hybridized carbons (Fsp3) is 0.750. The van der Waals surface area contributed by atoms with Crippen molar-refractivity contribution >= 4 is 0 Å². The van der Waals surface area contributed by atoms with Gasteiger partial charge in [0.05, 0.1) is 6.54 Å².